The van der Waals surface area contributed by atoms with Crippen LogP contribution in [0.4, 0.5) is 13.2 Å². The molecule has 0 spiro atoms. The van der Waals surface area contributed by atoms with Crippen LogP contribution in [0.1, 0.15) is 29.1 Å². The Labute approximate surface area is 116 Å². The van der Waals surface area contributed by atoms with E-state index in [0.717, 1.165) is 12.1 Å². The highest BCUT2D eigenvalue weighted by Gasteiger charge is 2.31. The molecule has 21 heavy (non-hydrogen) atoms. The molecule has 0 saturated heterocycles. The van der Waals surface area contributed by atoms with Gasteiger partial charge in [-0.05, 0) is 31.2 Å². The van der Waals surface area contributed by atoms with Gasteiger partial charge in [0.05, 0.1) is 6.04 Å². The minimum Gasteiger partial charge on any atom is -0.406 e. The molecule has 0 bridgehead atoms. The summed E-state index contributed by atoms with van der Waals surface area (Å²) in [5.74, 6) is -0.587. The fourth-order valence-electron chi connectivity index (χ4n) is 1.51. The Kier molecular flexibility index (Phi) is 4.05. The summed E-state index contributed by atoms with van der Waals surface area (Å²) in [7, 11) is 0. The number of alkyl halides is 3. The van der Waals surface area contributed by atoms with Gasteiger partial charge in [0.25, 0.3) is 5.91 Å². The van der Waals surface area contributed by atoms with E-state index in [-0.39, 0.29) is 5.56 Å². The van der Waals surface area contributed by atoms with Crippen molar-refractivity contribution >= 4 is 5.91 Å². The smallest absolute Gasteiger partial charge is 0.406 e. The lowest BCUT2D eigenvalue weighted by Gasteiger charge is -2.11. The number of rotatable bonds is 4. The third kappa shape index (κ3) is 4.16. The topological polar surface area (TPSA) is 92.8 Å². The first-order valence-electron chi connectivity index (χ1n) is 5.75. The monoisotopic (exact) mass is 301 g/mol. The molecule has 2 rings (SSSR count). The number of nitrogens with one attached hydrogen (secondary N) is 2. The molecule has 2 aromatic rings. The van der Waals surface area contributed by atoms with E-state index in [1.165, 1.54) is 12.1 Å². The molecule has 0 aliphatic heterocycles. The number of H-pyrrole nitrogens is 1. The number of tetrazole rings is 1. The summed E-state index contributed by atoms with van der Waals surface area (Å²) in [6.45, 7) is 1.64. The molecule has 112 valence electrons. The summed E-state index contributed by atoms with van der Waals surface area (Å²) >= 11 is 0. The molecule has 0 aliphatic rings. The second-order valence-corrected chi connectivity index (χ2v) is 4.04. The molecular formula is C11H10F3N5O2. The molecule has 1 atom stereocenters. The number of halogens is 3. The summed E-state index contributed by atoms with van der Waals surface area (Å²) in [6.07, 6.45) is -4.77. The Bertz CT molecular complexity index is 597. The van der Waals surface area contributed by atoms with E-state index < -0.39 is 24.1 Å². The van der Waals surface area contributed by atoms with E-state index in [1.54, 1.807) is 6.92 Å². The molecule has 0 fully saturated rings. The minimum absolute atomic E-state index is 0.180. The Morgan fingerprint density at radius 2 is 2.00 bits per heavy atom. The second-order valence-electron chi connectivity index (χ2n) is 4.04. The van der Waals surface area contributed by atoms with Gasteiger partial charge in [0, 0.05) is 5.56 Å². The molecule has 0 radical (unpaired) electrons. The summed E-state index contributed by atoms with van der Waals surface area (Å²) in [6, 6.07) is 4.06. The van der Waals surface area contributed by atoms with Gasteiger partial charge >= 0.3 is 6.36 Å². The van der Waals surface area contributed by atoms with Crippen LogP contribution in [0.15, 0.2) is 24.3 Å². The Morgan fingerprint density at radius 3 is 2.52 bits per heavy atom. The van der Waals surface area contributed by atoms with Crippen molar-refractivity contribution in [2.75, 3.05) is 0 Å². The number of aromatic nitrogens is 4. The molecule has 10 heteroatoms. The van der Waals surface area contributed by atoms with Gasteiger partial charge in [0.1, 0.15) is 5.75 Å². The van der Waals surface area contributed by atoms with Gasteiger partial charge in [-0.2, -0.15) is 5.21 Å². The second kappa shape index (κ2) is 5.77. The van der Waals surface area contributed by atoms with Crippen molar-refractivity contribution in [2.24, 2.45) is 0 Å². The van der Waals surface area contributed by atoms with Crippen LogP contribution in [0.25, 0.3) is 0 Å². The van der Waals surface area contributed by atoms with Crippen molar-refractivity contribution in [1.82, 2.24) is 25.9 Å². The van der Waals surface area contributed by atoms with Gasteiger partial charge in [-0.3, -0.25) is 4.79 Å². The number of ether oxygens (including phenoxy) is 1. The lowest BCUT2D eigenvalue weighted by molar-refractivity contribution is -0.274. The van der Waals surface area contributed by atoms with Gasteiger partial charge in [-0.15, -0.1) is 23.4 Å². The van der Waals surface area contributed by atoms with Crippen LogP contribution in [0.5, 0.6) is 5.75 Å². The van der Waals surface area contributed by atoms with E-state index in [2.05, 4.69) is 30.7 Å². The van der Waals surface area contributed by atoms with Gasteiger partial charge < -0.3 is 10.1 Å². The van der Waals surface area contributed by atoms with E-state index in [9.17, 15) is 18.0 Å². The van der Waals surface area contributed by atoms with Crippen molar-refractivity contribution < 1.29 is 22.7 Å². The highest BCUT2D eigenvalue weighted by atomic mass is 19.4. The summed E-state index contributed by atoms with van der Waals surface area (Å²) in [4.78, 5) is 11.9. The number of amides is 1. The largest absolute Gasteiger partial charge is 0.573 e. The molecule has 0 saturated carbocycles. The minimum atomic E-state index is -4.77. The summed E-state index contributed by atoms with van der Waals surface area (Å²) in [5.41, 5.74) is 0.180. The molecule has 1 aromatic heterocycles. The van der Waals surface area contributed by atoms with Crippen molar-refractivity contribution in [3.05, 3.63) is 35.7 Å². The fourth-order valence-corrected chi connectivity index (χ4v) is 1.51. The van der Waals surface area contributed by atoms with Crippen molar-refractivity contribution in [1.29, 1.82) is 0 Å². The number of hydrogen-bond acceptors (Lipinski definition) is 5. The molecule has 2 N–H and O–H groups in total. The predicted molar refractivity (Wildman–Crippen MR) is 63.2 cm³/mol. The zero-order valence-electron chi connectivity index (χ0n) is 10.7. The van der Waals surface area contributed by atoms with Gasteiger partial charge in [0.2, 0.25) is 0 Å². The zero-order valence-corrected chi connectivity index (χ0v) is 10.7. The number of benzene rings is 1. The molecule has 0 aliphatic carbocycles. The Hall–Kier alpha value is -2.65. The van der Waals surface area contributed by atoms with Gasteiger partial charge in [0.15, 0.2) is 5.82 Å². The standard InChI is InChI=1S/C11H10F3N5O2/c1-6(9-16-18-19-17-9)15-10(20)7-2-4-8(5-3-7)21-11(12,13)14/h2-6H,1H3,(H,15,20)(H,16,17,18,19). The first kappa shape index (κ1) is 14.8. The molecule has 1 amide bonds. The van der Waals surface area contributed by atoms with Crippen molar-refractivity contribution in [3.8, 4) is 5.75 Å². The van der Waals surface area contributed by atoms with Crippen LogP contribution in [-0.2, 0) is 0 Å². The SMILES string of the molecule is CC(NC(=O)c1ccc(OC(F)(F)F)cc1)c1nn[nH]n1. The highest BCUT2D eigenvalue weighted by Crippen LogP contribution is 2.22. The fraction of sp³-hybridized carbons (Fsp3) is 0.273. The number of aromatic amines is 1. The highest BCUT2D eigenvalue weighted by molar-refractivity contribution is 5.94. The summed E-state index contributed by atoms with van der Waals surface area (Å²) < 4.78 is 39.7. The van der Waals surface area contributed by atoms with Crippen LogP contribution in [-0.4, -0.2) is 32.9 Å². The van der Waals surface area contributed by atoms with Crippen molar-refractivity contribution in [3.63, 3.8) is 0 Å². The predicted octanol–water partition coefficient (Wildman–Crippen LogP) is 1.59. The van der Waals surface area contributed by atoms with Crippen LogP contribution in [0.3, 0.4) is 0 Å². The first-order chi connectivity index (χ1) is 9.85. The zero-order chi connectivity index (χ0) is 15.5. The van der Waals surface area contributed by atoms with E-state index >= 15 is 0 Å². The average Bonchev–Trinajstić information content (AvgIpc) is 2.91. The maximum Gasteiger partial charge on any atom is 0.573 e. The van der Waals surface area contributed by atoms with Crippen LogP contribution >= 0.6 is 0 Å². The Balaban J connectivity index is 2.00. The molecule has 1 aromatic carbocycles. The average molecular weight is 301 g/mol. The number of hydrogen-bond donors (Lipinski definition) is 2. The third-order valence-electron chi connectivity index (χ3n) is 2.45. The number of nitrogens with zero attached hydrogens (tertiary/aromatic N) is 3. The number of carbonyl (C=O) groups is 1. The molecular weight excluding hydrogens is 291 g/mol. The van der Waals surface area contributed by atoms with E-state index in [0.29, 0.717) is 5.82 Å². The third-order valence-corrected chi connectivity index (χ3v) is 2.45. The number of carbonyl (C=O) groups excluding carboxylic acids is 1. The lowest BCUT2D eigenvalue weighted by Crippen LogP contribution is -2.27. The normalized spacial score (nSPS) is 12.8. The Morgan fingerprint density at radius 1 is 1.33 bits per heavy atom. The maximum absolute atomic E-state index is 12.0. The first-order valence-corrected chi connectivity index (χ1v) is 5.75. The van der Waals surface area contributed by atoms with Crippen LogP contribution in [0.2, 0.25) is 0 Å². The van der Waals surface area contributed by atoms with E-state index in [4.69, 9.17) is 0 Å². The molecule has 1 heterocycles. The van der Waals surface area contributed by atoms with Gasteiger partial charge in [-0.25, -0.2) is 0 Å². The molecule has 7 nitrogen and oxygen atoms in total. The molecule has 1 unspecified atom stereocenters. The van der Waals surface area contributed by atoms with Crippen molar-refractivity contribution in [2.45, 2.75) is 19.3 Å². The van der Waals surface area contributed by atoms with Crippen LogP contribution in [0, 0.1) is 0 Å². The lowest BCUT2D eigenvalue weighted by atomic mass is 10.2. The quantitative estimate of drug-likeness (QED) is 0.894. The van der Waals surface area contributed by atoms with E-state index in [1.807, 2.05) is 0 Å². The maximum atomic E-state index is 12.0. The summed E-state index contributed by atoms with van der Waals surface area (Å²) in [5, 5.41) is 15.6. The van der Waals surface area contributed by atoms with Gasteiger partial charge in [-0.1, -0.05) is 5.21 Å². The van der Waals surface area contributed by atoms with Crippen LogP contribution < -0.4 is 10.1 Å².